The third-order valence-corrected chi connectivity index (χ3v) is 6.07. The van der Waals surface area contributed by atoms with E-state index in [4.69, 9.17) is 0 Å². The molecular weight excluding hydrogens is 336 g/mol. The fourth-order valence-electron chi connectivity index (χ4n) is 3.67. The molecule has 0 unspecified atom stereocenters. The summed E-state index contributed by atoms with van der Waals surface area (Å²) in [6.07, 6.45) is 2.64. The van der Waals surface area contributed by atoms with E-state index >= 15 is 0 Å². The maximum absolute atomic E-state index is 12.4. The predicted octanol–water partition coefficient (Wildman–Crippen LogP) is 2.51. The quantitative estimate of drug-likeness (QED) is 0.895. The second kappa shape index (κ2) is 6.19. The van der Waals surface area contributed by atoms with Crippen molar-refractivity contribution in [3.05, 3.63) is 59.2 Å². The molecule has 2 aliphatic heterocycles. The number of amides is 1. The van der Waals surface area contributed by atoms with Gasteiger partial charge in [0.1, 0.15) is 0 Å². The van der Waals surface area contributed by atoms with Crippen LogP contribution in [0.4, 0.5) is 11.4 Å². The van der Waals surface area contributed by atoms with Crippen molar-refractivity contribution in [3.8, 4) is 0 Å². The average Bonchev–Trinajstić information content (AvgIpc) is 2.91. The highest BCUT2D eigenvalue weighted by atomic mass is 32.2. The summed E-state index contributed by atoms with van der Waals surface area (Å²) in [7, 11) is -3.43. The Morgan fingerprint density at radius 1 is 1.08 bits per heavy atom. The van der Waals surface area contributed by atoms with Crippen molar-refractivity contribution >= 4 is 27.3 Å². The van der Waals surface area contributed by atoms with Gasteiger partial charge in [0.2, 0.25) is 15.9 Å². The van der Waals surface area contributed by atoms with Gasteiger partial charge in [0.25, 0.3) is 0 Å². The molecule has 1 amide bonds. The van der Waals surface area contributed by atoms with Gasteiger partial charge in [0.05, 0.1) is 17.9 Å². The summed E-state index contributed by atoms with van der Waals surface area (Å²) in [5.41, 5.74) is 4.57. The lowest BCUT2D eigenvalue weighted by atomic mass is 9.99. The Kier molecular flexibility index (Phi) is 4.00. The number of aryl methyl sites for hydroxylation is 2. The minimum absolute atomic E-state index is 0.0362. The highest BCUT2D eigenvalue weighted by molar-refractivity contribution is 7.92. The molecule has 0 aromatic heterocycles. The molecule has 0 aliphatic carbocycles. The van der Waals surface area contributed by atoms with Gasteiger partial charge in [-0.1, -0.05) is 30.3 Å². The Labute approximate surface area is 147 Å². The molecule has 2 aromatic carbocycles. The van der Waals surface area contributed by atoms with Crippen molar-refractivity contribution < 1.29 is 13.2 Å². The number of rotatable bonds is 5. The highest BCUT2D eigenvalue weighted by Crippen LogP contribution is 2.38. The molecule has 6 heteroatoms. The van der Waals surface area contributed by atoms with Crippen LogP contribution < -0.4 is 9.62 Å². The van der Waals surface area contributed by atoms with Gasteiger partial charge in [-0.3, -0.25) is 9.52 Å². The summed E-state index contributed by atoms with van der Waals surface area (Å²) in [6, 6.07) is 13.3. The number of sulfonamides is 1. The van der Waals surface area contributed by atoms with Gasteiger partial charge >= 0.3 is 0 Å². The molecule has 0 spiro atoms. The first-order valence-corrected chi connectivity index (χ1v) is 10.2. The van der Waals surface area contributed by atoms with E-state index in [1.54, 1.807) is 0 Å². The molecule has 25 heavy (non-hydrogen) atoms. The number of anilines is 2. The Morgan fingerprint density at radius 2 is 1.84 bits per heavy atom. The van der Waals surface area contributed by atoms with Gasteiger partial charge in [0, 0.05) is 12.2 Å². The van der Waals surface area contributed by atoms with Gasteiger partial charge in [-0.2, -0.15) is 0 Å². The van der Waals surface area contributed by atoms with E-state index in [0.29, 0.717) is 18.5 Å². The first-order chi connectivity index (χ1) is 12.0. The van der Waals surface area contributed by atoms with Crippen LogP contribution in [-0.2, 0) is 34.1 Å². The fraction of sp³-hybridized carbons (Fsp3) is 0.316. The van der Waals surface area contributed by atoms with Crippen molar-refractivity contribution in [1.82, 2.24) is 0 Å². The molecule has 0 saturated heterocycles. The van der Waals surface area contributed by atoms with Gasteiger partial charge in [0.15, 0.2) is 0 Å². The molecule has 0 bridgehead atoms. The van der Waals surface area contributed by atoms with E-state index < -0.39 is 10.0 Å². The van der Waals surface area contributed by atoms with Crippen molar-refractivity contribution in [2.45, 2.75) is 25.7 Å². The molecule has 130 valence electrons. The molecule has 2 aromatic rings. The fourth-order valence-corrected chi connectivity index (χ4v) is 4.75. The summed E-state index contributed by atoms with van der Waals surface area (Å²) in [5, 5.41) is 0. The van der Waals surface area contributed by atoms with Crippen LogP contribution in [0.5, 0.6) is 0 Å². The molecule has 2 aliphatic rings. The lowest BCUT2D eigenvalue weighted by Crippen LogP contribution is -2.31. The molecular formula is C19H20N2O3S. The lowest BCUT2D eigenvalue weighted by molar-refractivity contribution is -0.117. The second-order valence-electron chi connectivity index (χ2n) is 6.63. The van der Waals surface area contributed by atoms with E-state index in [-0.39, 0.29) is 11.7 Å². The predicted molar refractivity (Wildman–Crippen MR) is 98.4 cm³/mol. The summed E-state index contributed by atoms with van der Waals surface area (Å²) in [6.45, 7) is 0.765. The third-order valence-electron chi connectivity index (χ3n) is 4.78. The van der Waals surface area contributed by atoms with Gasteiger partial charge in [-0.15, -0.1) is 0 Å². The van der Waals surface area contributed by atoms with Crippen molar-refractivity contribution in [1.29, 1.82) is 0 Å². The van der Waals surface area contributed by atoms with E-state index in [9.17, 15) is 13.2 Å². The SMILES string of the molecule is O=C1Cc2cc(NS(=O)(=O)CCc3ccccc3)cc3c2N1CCC3. The smallest absolute Gasteiger partial charge is 0.233 e. The first kappa shape index (κ1) is 16.1. The summed E-state index contributed by atoms with van der Waals surface area (Å²) in [4.78, 5) is 13.9. The van der Waals surface area contributed by atoms with Crippen LogP contribution >= 0.6 is 0 Å². The monoisotopic (exact) mass is 356 g/mol. The van der Waals surface area contributed by atoms with E-state index in [1.165, 1.54) is 0 Å². The Hall–Kier alpha value is -2.34. The van der Waals surface area contributed by atoms with Crippen LogP contribution in [-0.4, -0.2) is 26.6 Å². The normalized spacial score (nSPS) is 16.0. The number of carbonyl (C=O) groups excluding carboxylic acids is 1. The van der Waals surface area contributed by atoms with Crippen LogP contribution in [0.1, 0.15) is 23.1 Å². The van der Waals surface area contributed by atoms with E-state index in [2.05, 4.69) is 4.72 Å². The Balaban J connectivity index is 1.53. The minimum Gasteiger partial charge on any atom is -0.312 e. The molecule has 0 fully saturated rings. The number of nitrogens with zero attached hydrogens (tertiary/aromatic N) is 1. The zero-order valence-corrected chi connectivity index (χ0v) is 14.7. The highest BCUT2D eigenvalue weighted by Gasteiger charge is 2.32. The van der Waals surface area contributed by atoms with Gasteiger partial charge in [-0.05, 0) is 48.1 Å². The van der Waals surface area contributed by atoms with Crippen LogP contribution in [0.2, 0.25) is 0 Å². The third kappa shape index (κ3) is 3.26. The van der Waals surface area contributed by atoms with Crippen LogP contribution in [0.15, 0.2) is 42.5 Å². The number of hydrogen-bond donors (Lipinski definition) is 1. The van der Waals surface area contributed by atoms with E-state index in [1.807, 2.05) is 47.4 Å². The van der Waals surface area contributed by atoms with Crippen molar-refractivity contribution in [2.24, 2.45) is 0 Å². The number of nitrogens with one attached hydrogen (secondary N) is 1. The first-order valence-electron chi connectivity index (χ1n) is 8.52. The van der Waals surface area contributed by atoms with Gasteiger partial charge < -0.3 is 4.90 Å². The standard InChI is InChI=1S/C19H20N2O3S/c22-18-13-16-12-17(11-15-7-4-9-21(18)19(15)16)20-25(23,24)10-8-14-5-2-1-3-6-14/h1-3,5-6,11-12,20H,4,7-10,13H2. The van der Waals surface area contributed by atoms with Crippen LogP contribution in [0.25, 0.3) is 0 Å². The molecule has 5 nitrogen and oxygen atoms in total. The summed E-state index contributed by atoms with van der Waals surface area (Å²) in [5.74, 6) is 0.147. The molecule has 0 atom stereocenters. The minimum atomic E-state index is -3.43. The second-order valence-corrected chi connectivity index (χ2v) is 8.47. The molecule has 1 N–H and O–H groups in total. The maximum atomic E-state index is 12.4. The van der Waals surface area contributed by atoms with Crippen LogP contribution in [0, 0.1) is 0 Å². The van der Waals surface area contributed by atoms with Crippen molar-refractivity contribution in [2.75, 3.05) is 21.9 Å². The van der Waals surface area contributed by atoms with Crippen LogP contribution in [0.3, 0.4) is 0 Å². The number of carbonyl (C=O) groups is 1. The molecule has 0 saturated carbocycles. The Bertz CT molecular complexity index is 923. The summed E-state index contributed by atoms with van der Waals surface area (Å²) < 4.78 is 27.5. The Morgan fingerprint density at radius 3 is 2.64 bits per heavy atom. The largest absolute Gasteiger partial charge is 0.312 e. The molecule has 0 radical (unpaired) electrons. The number of hydrogen-bond acceptors (Lipinski definition) is 3. The zero-order chi connectivity index (χ0) is 17.4. The maximum Gasteiger partial charge on any atom is 0.233 e. The average molecular weight is 356 g/mol. The number of benzene rings is 2. The zero-order valence-electron chi connectivity index (χ0n) is 13.9. The summed E-state index contributed by atoms with van der Waals surface area (Å²) >= 11 is 0. The lowest BCUT2D eigenvalue weighted by Gasteiger charge is -2.26. The molecule has 4 rings (SSSR count). The van der Waals surface area contributed by atoms with Gasteiger partial charge in [-0.25, -0.2) is 8.42 Å². The van der Waals surface area contributed by atoms with Crippen molar-refractivity contribution in [3.63, 3.8) is 0 Å². The molecule has 2 heterocycles. The van der Waals surface area contributed by atoms with E-state index in [0.717, 1.165) is 41.8 Å². The topological polar surface area (TPSA) is 66.5 Å².